The summed E-state index contributed by atoms with van der Waals surface area (Å²) < 4.78 is 0. The monoisotopic (exact) mass is 445 g/mol. The molecule has 30 heavy (non-hydrogen) atoms. The lowest BCUT2D eigenvalue weighted by molar-refractivity contribution is 0.0798. The first-order chi connectivity index (χ1) is 14.6. The van der Waals surface area contributed by atoms with E-state index in [1.807, 2.05) is 0 Å². The van der Waals surface area contributed by atoms with Crippen molar-refractivity contribution in [3.8, 4) is 0 Å². The number of halogens is 1. The Kier molecular flexibility index (Phi) is 7.47. The number of hydrogen-bond donors (Lipinski definition) is 1. The molecule has 0 unspecified atom stereocenters. The fourth-order valence-electron chi connectivity index (χ4n) is 4.86. The molecule has 0 atom stereocenters. The van der Waals surface area contributed by atoms with Crippen LogP contribution in [0, 0.1) is 0 Å². The van der Waals surface area contributed by atoms with Gasteiger partial charge in [0.25, 0.3) is 0 Å². The molecule has 6 heteroatoms. The molecule has 2 aromatic rings. The molecule has 0 amide bonds. The van der Waals surface area contributed by atoms with Crippen molar-refractivity contribution in [3.63, 3.8) is 0 Å². The van der Waals surface area contributed by atoms with E-state index in [4.69, 9.17) is 17.3 Å². The molecule has 2 fully saturated rings. The Bertz CT molecular complexity index is 835. The molecule has 1 aliphatic heterocycles. The van der Waals surface area contributed by atoms with E-state index < -0.39 is 0 Å². The number of nitrogens with two attached hydrogens (primary N) is 1. The molecule has 1 aromatic heterocycles. The highest BCUT2D eigenvalue weighted by Gasteiger charge is 2.26. The van der Waals surface area contributed by atoms with E-state index in [9.17, 15) is 4.79 Å². The Hall–Kier alpha value is -1.40. The van der Waals surface area contributed by atoms with Crippen LogP contribution >= 0.6 is 22.9 Å². The number of ketones is 1. The van der Waals surface area contributed by atoms with Gasteiger partial charge in [-0.05, 0) is 48.1 Å². The summed E-state index contributed by atoms with van der Waals surface area (Å²) in [6.45, 7) is 5.16. The van der Waals surface area contributed by atoms with Crippen molar-refractivity contribution in [1.29, 1.82) is 0 Å². The Morgan fingerprint density at radius 1 is 1.00 bits per heavy atom. The highest BCUT2D eigenvalue weighted by molar-refractivity contribution is 7.14. The molecule has 2 heterocycles. The van der Waals surface area contributed by atoms with Crippen LogP contribution in [0.1, 0.15) is 66.4 Å². The molecule has 0 spiro atoms. The summed E-state index contributed by atoms with van der Waals surface area (Å²) >= 11 is 7.44. The topological polar surface area (TPSA) is 49.6 Å². The van der Waals surface area contributed by atoms with Gasteiger partial charge in [0.05, 0.1) is 10.6 Å². The molecule has 0 radical (unpaired) electrons. The van der Waals surface area contributed by atoms with Crippen LogP contribution in [0.5, 0.6) is 0 Å². The van der Waals surface area contributed by atoms with Crippen molar-refractivity contribution in [1.82, 2.24) is 9.80 Å². The number of thiophene rings is 1. The zero-order chi connectivity index (χ0) is 20.9. The molecule has 1 saturated carbocycles. The first-order valence-electron chi connectivity index (χ1n) is 11.2. The predicted molar refractivity (Wildman–Crippen MR) is 127 cm³/mol. The van der Waals surface area contributed by atoms with Crippen LogP contribution in [0.4, 0.5) is 5.00 Å². The number of nitrogens with zero attached hydrogens (tertiary/aromatic N) is 2. The number of piperazine rings is 1. The maximum absolute atomic E-state index is 13.1. The molecule has 4 rings (SSSR count). The Morgan fingerprint density at radius 3 is 2.30 bits per heavy atom. The molecule has 2 aliphatic rings. The van der Waals surface area contributed by atoms with Crippen LogP contribution in [-0.4, -0.2) is 47.8 Å². The third kappa shape index (κ3) is 5.25. The van der Waals surface area contributed by atoms with Gasteiger partial charge < -0.3 is 5.73 Å². The third-order valence-corrected chi connectivity index (χ3v) is 7.73. The van der Waals surface area contributed by atoms with Gasteiger partial charge in [-0.1, -0.05) is 43.7 Å². The first kappa shape index (κ1) is 21.8. The van der Waals surface area contributed by atoms with Crippen molar-refractivity contribution in [3.05, 3.63) is 51.4 Å². The lowest BCUT2D eigenvalue weighted by Crippen LogP contribution is -2.50. The normalized spacial score (nSPS) is 20.0. The quantitative estimate of drug-likeness (QED) is 0.622. The van der Waals surface area contributed by atoms with Gasteiger partial charge in [0.2, 0.25) is 0 Å². The van der Waals surface area contributed by atoms with Crippen LogP contribution < -0.4 is 5.73 Å². The Morgan fingerprint density at radius 2 is 1.63 bits per heavy atom. The van der Waals surface area contributed by atoms with Gasteiger partial charge in [-0.3, -0.25) is 14.6 Å². The average Bonchev–Trinajstić information content (AvgIpc) is 3.09. The fraction of sp³-hybridized carbons (Fsp3) is 0.542. The van der Waals surface area contributed by atoms with Gasteiger partial charge in [-0.2, -0.15) is 0 Å². The molecule has 1 saturated heterocycles. The van der Waals surface area contributed by atoms with Crippen molar-refractivity contribution >= 4 is 33.7 Å². The van der Waals surface area contributed by atoms with Crippen molar-refractivity contribution < 1.29 is 4.79 Å². The second-order valence-electron chi connectivity index (χ2n) is 8.65. The standard InChI is InChI=1S/C24H32ClN3OS/c25-20-10-8-18(9-11-20)23(29)22-19(17-30-24(22)26)16-27-12-14-28(15-13-27)21-6-4-2-1-3-5-7-21/h8-11,17,21H,1-7,12-16,26H2. The van der Waals surface area contributed by atoms with Crippen molar-refractivity contribution in [2.45, 2.75) is 57.5 Å². The SMILES string of the molecule is Nc1scc(CN2CCN(C3CCCCCCC3)CC2)c1C(=O)c1ccc(Cl)cc1. The van der Waals surface area contributed by atoms with E-state index in [1.165, 1.54) is 56.3 Å². The van der Waals surface area contributed by atoms with E-state index in [0.717, 1.165) is 44.3 Å². The lowest BCUT2D eigenvalue weighted by atomic mass is 9.95. The zero-order valence-corrected chi connectivity index (χ0v) is 19.2. The molecular formula is C24H32ClN3OS. The van der Waals surface area contributed by atoms with Gasteiger partial charge in [-0.25, -0.2) is 0 Å². The average molecular weight is 446 g/mol. The molecule has 0 bridgehead atoms. The second kappa shape index (κ2) is 10.3. The number of benzene rings is 1. The fourth-order valence-corrected chi connectivity index (χ4v) is 5.79. The van der Waals surface area contributed by atoms with Gasteiger partial charge >= 0.3 is 0 Å². The molecule has 1 aromatic carbocycles. The summed E-state index contributed by atoms with van der Waals surface area (Å²) in [5.41, 5.74) is 8.57. The number of carbonyl (C=O) groups is 1. The van der Waals surface area contributed by atoms with Crippen LogP contribution in [0.3, 0.4) is 0 Å². The Labute approximate surface area is 189 Å². The van der Waals surface area contributed by atoms with Gasteiger partial charge in [0.15, 0.2) is 5.78 Å². The molecule has 4 nitrogen and oxygen atoms in total. The minimum atomic E-state index is -0.00595. The summed E-state index contributed by atoms with van der Waals surface area (Å²) in [6.07, 6.45) is 9.72. The van der Waals surface area contributed by atoms with Gasteiger partial charge in [0.1, 0.15) is 0 Å². The minimum absolute atomic E-state index is 0.00595. The molecule has 1 aliphatic carbocycles. The van der Waals surface area contributed by atoms with E-state index in [1.54, 1.807) is 24.3 Å². The van der Waals surface area contributed by atoms with Crippen LogP contribution in [0.2, 0.25) is 5.02 Å². The van der Waals surface area contributed by atoms with Crippen molar-refractivity contribution in [2.24, 2.45) is 0 Å². The lowest BCUT2D eigenvalue weighted by Gasteiger charge is -2.40. The Balaban J connectivity index is 1.38. The summed E-state index contributed by atoms with van der Waals surface area (Å²) in [7, 11) is 0. The largest absolute Gasteiger partial charge is 0.390 e. The number of carbonyl (C=O) groups excluding carboxylic acids is 1. The second-order valence-corrected chi connectivity index (χ2v) is 9.99. The van der Waals surface area contributed by atoms with Gasteiger partial charge in [0, 0.05) is 49.4 Å². The number of nitrogen functional groups attached to an aromatic ring is 1. The van der Waals surface area contributed by atoms with Crippen LogP contribution in [-0.2, 0) is 6.54 Å². The predicted octanol–water partition coefficient (Wildman–Crippen LogP) is 5.45. The highest BCUT2D eigenvalue weighted by atomic mass is 35.5. The van der Waals surface area contributed by atoms with E-state index in [0.29, 0.717) is 21.2 Å². The molecule has 162 valence electrons. The minimum Gasteiger partial charge on any atom is -0.390 e. The number of anilines is 1. The molecule has 2 N–H and O–H groups in total. The molecular weight excluding hydrogens is 414 g/mol. The van der Waals surface area contributed by atoms with E-state index in [2.05, 4.69) is 15.2 Å². The maximum atomic E-state index is 13.1. The van der Waals surface area contributed by atoms with Crippen LogP contribution in [0.25, 0.3) is 0 Å². The van der Waals surface area contributed by atoms with Crippen LogP contribution in [0.15, 0.2) is 29.6 Å². The summed E-state index contributed by atoms with van der Waals surface area (Å²) in [6, 6.07) is 7.84. The smallest absolute Gasteiger partial charge is 0.196 e. The van der Waals surface area contributed by atoms with E-state index >= 15 is 0 Å². The van der Waals surface area contributed by atoms with E-state index in [-0.39, 0.29) is 5.78 Å². The third-order valence-electron chi connectivity index (χ3n) is 6.62. The van der Waals surface area contributed by atoms with Crippen molar-refractivity contribution in [2.75, 3.05) is 31.9 Å². The zero-order valence-electron chi connectivity index (χ0n) is 17.6. The summed E-state index contributed by atoms with van der Waals surface area (Å²) in [4.78, 5) is 18.3. The highest BCUT2D eigenvalue weighted by Crippen LogP contribution is 2.30. The first-order valence-corrected chi connectivity index (χ1v) is 12.5. The maximum Gasteiger partial charge on any atom is 0.196 e. The van der Waals surface area contributed by atoms with Gasteiger partial charge in [-0.15, -0.1) is 11.3 Å². The number of rotatable bonds is 5. The number of hydrogen-bond acceptors (Lipinski definition) is 5. The summed E-state index contributed by atoms with van der Waals surface area (Å²) in [5, 5.41) is 3.30. The summed E-state index contributed by atoms with van der Waals surface area (Å²) in [5.74, 6) is -0.00595.